The number of nitrogens with zero attached hydrogens (tertiary/aromatic N) is 3. The number of amides is 1. The molecule has 0 N–H and O–H groups in total. The van der Waals surface area contributed by atoms with Crippen LogP contribution < -0.4 is 14.2 Å². The van der Waals surface area contributed by atoms with Crippen molar-refractivity contribution in [1.29, 1.82) is 0 Å². The Morgan fingerprint density at radius 2 is 1.79 bits per heavy atom. The molecule has 1 aliphatic heterocycles. The number of piperidine rings is 1. The normalized spacial score (nSPS) is 20.5. The molecule has 1 saturated heterocycles. The number of benzene rings is 1. The molecule has 1 aromatic carbocycles. The van der Waals surface area contributed by atoms with Crippen LogP contribution in [0.1, 0.15) is 46.7 Å². The summed E-state index contributed by atoms with van der Waals surface area (Å²) >= 11 is 0. The third-order valence-corrected chi connectivity index (χ3v) is 6.16. The number of carbonyl (C=O) groups is 1. The Labute approximate surface area is 171 Å². The Bertz CT molecular complexity index is 942. The first-order valence-corrected chi connectivity index (χ1v) is 9.93. The molecule has 4 rings (SSSR count). The van der Waals surface area contributed by atoms with Gasteiger partial charge in [0.05, 0.1) is 32.6 Å². The van der Waals surface area contributed by atoms with Gasteiger partial charge in [0.15, 0.2) is 11.5 Å². The lowest BCUT2D eigenvalue weighted by molar-refractivity contribution is 0.0629. The minimum absolute atomic E-state index is 0.0545. The summed E-state index contributed by atoms with van der Waals surface area (Å²) in [5, 5.41) is 0. The molecule has 7 heteroatoms. The predicted molar refractivity (Wildman–Crippen MR) is 108 cm³/mol. The van der Waals surface area contributed by atoms with Crippen LogP contribution in [0.2, 0.25) is 0 Å². The monoisotopic (exact) mass is 397 g/mol. The molecule has 154 valence electrons. The smallest absolute Gasteiger partial charge is 0.257 e. The third kappa shape index (κ3) is 3.28. The summed E-state index contributed by atoms with van der Waals surface area (Å²) in [6, 6.07) is 3.41. The summed E-state index contributed by atoms with van der Waals surface area (Å²) in [5.41, 5.74) is 2.75. The zero-order valence-corrected chi connectivity index (χ0v) is 17.4. The standard InChI is InChI=1S/C22H27N3O4/c1-14-23-12-15-6-8-22(20(15)24-14)7-5-9-25(13-22)21(26)16-10-18(28-3)19(29-4)11-17(16)27-2/h10-12H,5-9,13H2,1-4H3. The van der Waals surface area contributed by atoms with Crippen molar-refractivity contribution in [2.45, 2.75) is 38.0 Å². The summed E-state index contributed by atoms with van der Waals surface area (Å²) in [4.78, 5) is 24.5. The molecule has 1 amide bonds. The number of aryl methyl sites for hydroxylation is 2. The average molecular weight is 397 g/mol. The average Bonchev–Trinajstić information content (AvgIpc) is 3.09. The maximum absolute atomic E-state index is 13.5. The van der Waals surface area contributed by atoms with Gasteiger partial charge in [0.1, 0.15) is 11.6 Å². The number of hydrogen-bond donors (Lipinski definition) is 0. The van der Waals surface area contributed by atoms with E-state index in [2.05, 4.69) is 4.98 Å². The van der Waals surface area contributed by atoms with Crippen LogP contribution in [0, 0.1) is 6.92 Å². The van der Waals surface area contributed by atoms with Gasteiger partial charge >= 0.3 is 0 Å². The van der Waals surface area contributed by atoms with Gasteiger partial charge in [-0.05, 0) is 38.2 Å². The van der Waals surface area contributed by atoms with Crippen LogP contribution in [-0.2, 0) is 11.8 Å². The number of rotatable bonds is 4. The van der Waals surface area contributed by atoms with Gasteiger partial charge in [-0.1, -0.05) is 0 Å². The molecule has 0 radical (unpaired) electrons. The summed E-state index contributed by atoms with van der Waals surface area (Å²) in [5.74, 6) is 2.26. The minimum atomic E-state index is -0.0826. The van der Waals surface area contributed by atoms with E-state index >= 15 is 0 Å². The van der Waals surface area contributed by atoms with E-state index in [4.69, 9.17) is 19.2 Å². The van der Waals surface area contributed by atoms with Crippen molar-refractivity contribution < 1.29 is 19.0 Å². The van der Waals surface area contributed by atoms with E-state index in [1.165, 1.54) is 5.56 Å². The van der Waals surface area contributed by atoms with Crippen molar-refractivity contribution in [1.82, 2.24) is 14.9 Å². The van der Waals surface area contributed by atoms with Crippen LogP contribution in [-0.4, -0.2) is 55.2 Å². The van der Waals surface area contributed by atoms with E-state index in [1.807, 2.05) is 18.0 Å². The molecule has 0 bridgehead atoms. The number of hydrogen-bond acceptors (Lipinski definition) is 6. The molecule has 0 saturated carbocycles. The highest BCUT2D eigenvalue weighted by molar-refractivity contribution is 5.98. The predicted octanol–water partition coefficient (Wildman–Crippen LogP) is 2.93. The van der Waals surface area contributed by atoms with E-state index < -0.39 is 0 Å². The van der Waals surface area contributed by atoms with E-state index in [9.17, 15) is 4.79 Å². The van der Waals surface area contributed by atoms with Gasteiger partial charge in [-0.2, -0.15) is 0 Å². The number of methoxy groups -OCH3 is 3. The molecule has 2 aliphatic rings. The third-order valence-electron chi connectivity index (χ3n) is 6.16. The van der Waals surface area contributed by atoms with E-state index in [0.29, 0.717) is 29.4 Å². The van der Waals surface area contributed by atoms with Gasteiger partial charge in [0.25, 0.3) is 5.91 Å². The Morgan fingerprint density at radius 3 is 2.52 bits per heavy atom. The second kappa shape index (κ2) is 7.54. The molecule has 7 nitrogen and oxygen atoms in total. The number of carbonyl (C=O) groups excluding carboxylic acids is 1. The van der Waals surface area contributed by atoms with E-state index in [-0.39, 0.29) is 11.3 Å². The van der Waals surface area contributed by atoms with Crippen LogP contribution in [0.25, 0.3) is 0 Å². The molecule has 1 unspecified atom stereocenters. The Hall–Kier alpha value is -2.83. The van der Waals surface area contributed by atoms with Gasteiger partial charge in [0, 0.05) is 36.8 Å². The highest BCUT2D eigenvalue weighted by atomic mass is 16.5. The van der Waals surface area contributed by atoms with E-state index in [1.54, 1.807) is 33.5 Å². The maximum Gasteiger partial charge on any atom is 0.257 e. The van der Waals surface area contributed by atoms with Gasteiger partial charge in [0.2, 0.25) is 0 Å². The number of aromatic nitrogens is 2. The first kappa shape index (κ1) is 19.5. The Morgan fingerprint density at radius 1 is 1.07 bits per heavy atom. The van der Waals surface area contributed by atoms with Crippen LogP contribution in [0.3, 0.4) is 0 Å². The lowest BCUT2D eigenvalue weighted by Gasteiger charge is -2.40. The largest absolute Gasteiger partial charge is 0.496 e. The molecule has 1 fully saturated rings. The van der Waals surface area contributed by atoms with Crippen molar-refractivity contribution >= 4 is 5.91 Å². The van der Waals surface area contributed by atoms with Gasteiger partial charge in [-0.25, -0.2) is 9.97 Å². The van der Waals surface area contributed by atoms with Crippen LogP contribution in [0.4, 0.5) is 0 Å². The van der Waals surface area contributed by atoms with Gasteiger partial charge in [-0.3, -0.25) is 4.79 Å². The second-order valence-corrected chi connectivity index (χ2v) is 7.81. The zero-order valence-electron chi connectivity index (χ0n) is 17.4. The SMILES string of the molecule is COc1cc(OC)c(C(=O)N2CCCC3(CCc4cnc(C)nc43)C2)cc1OC. The molecule has 1 atom stereocenters. The molecule has 1 spiro atoms. The highest BCUT2D eigenvalue weighted by Gasteiger charge is 2.45. The second-order valence-electron chi connectivity index (χ2n) is 7.81. The summed E-state index contributed by atoms with van der Waals surface area (Å²) < 4.78 is 16.2. The Kier molecular flexibility index (Phi) is 5.06. The minimum Gasteiger partial charge on any atom is -0.496 e. The summed E-state index contributed by atoms with van der Waals surface area (Å²) in [6.07, 6.45) is 5.92. The van der Waals surface area contributed by atoms with Gasteiger partial charge in [-0.15, -0.1) is 0 Å². The number of likely N-dealkylation sites (tertiary alicyclic amines) is 1. The van der Waals surface area contributed by atoms with Crippen LogP contribution >= 0.6 is 0 Å². The number of fused-ring (bicyclic) bond motifs is 2. The van der Waals surface area contributed by atoms with E-state index in [0.717, 1.165) is 43.7 Å². The van der Waals surface area contributed by atoms with Crippen LogP contribution in [0.15, 0.2) is 18.3 Å². The summed E-state index contributed by atoms with van der Waals surface area (Å²) in [6.45, 7) is 3.30. The van der Waals surface area contributed by atoms with Crippen molar-refractivity contribution in [3.05, 3.63) is 41.0 Å². The molecule has 2 aromatic rings. The Balaban J connectivity index is 1.67. The fourth-order valence-corrected chi connectivity index (χ4v) is 4.70. The lowest BCUT2D eigenvalue weighted by Crippen LogP contribution is -2.48. The zero-order chi connectivity index (χ0) is 20.6. The first-order chi connectivity index (χ1) is 14.0. The molecular weight excluding hydrogens is 370 g/mol. The molecule has 1 aromatic heterocycles. The van der Waals surface area contributed by atoms with Gasteiger partial charge < -0.3 is 19.1 Å². The lowest BCUT2D eigenvalue weighted by atomic mass is 9.77. The topological polar surface area (TPSA) is 73.8 Å². The fourth-order valence-electron chi connectivity index (χ4n) is 4.70. The van der Waals surface area contributed by atoms with Crippen molar-refractivity contribution in [3.63, 3.8) is 0 Å². The molecular formula is C22H27N3O4. The van der Waals surface area contributed by atoms with Crippen molar-refractivity contribution in [3.8, 4) is 17.2 Å². The van der Waals surface area contributed by atoms with Crippen molar-refractivity contribution in [2.75, 3.05) is 34.4 Å². The quantitative estimate of drug-likeness (QED) is 0.790. The molecule has 2 heterocycles. The van der Waals surface area contributed by atoms with Crippen molar-refractivity contribution in [2.24, 2.45) is 0 Å². The molecule has 1 aliphatic carbocycles. The first-order valence-electron chi connectivity index (χ1n) is 9.93. The maximum atomic E-state index is 13.5. The van der Waals surface area contributed by atoms with Crippen LogP contribution in [0.5, 0.6) is 17.2 Å². The number of ether oxygens (including phenoxy) is 3. The highest BCUT2D eigenvalue weighted by Crippen LogP contribution is 2.44. The summed E-state index contributed by atoms with van der Waals surface area (Å²) in [7, 11) is 4.68. The molecule has 29 heavy (non-hydrogen) atoms. The fraction of sp³-hybridized carbons (Fsp3) is 0.500.